The van der Waals surface area contributed by atoms with E-state index in [0.29, 0.717) is 23.6 Å². The first-order chi connectivity index (χ1) is 15.4. The molecule has 3 aromatic rings. The van der Waals surface area contributed by atoms with Gasteiger partial charge >= 0.3 is 0 Å². The Labute approximate surface area is 186 Å². The zero-order valence-corrected chi connectivity index (χ0v) is 18.4. The molecular formula is C24H26FN3O4. The van der Waals surface area contributed by atoms with E-state index in [1.54, 1.807) is 50.2 Å². The third-order valence-electron chi connectivity index (χ3n) is 5.08. The van der Waals surface area contributed by atoms with Gasteiger partial charge in [0.1, 0.15) is 23.9 Å². The monoisotopic (exact) mass is 439 g/mol. The molecule has 2 aromatic carbocycles. The van der Waals surface area contributed by atoms with Gasteiger partial charge in [-0.25, -0.2) is 4.39 Å². The van der Waals surface area contributed by atoms with Crippen LogP contribution in [-0.2, 0) is 17.9 Å². The van der Waals surface area contributed by atoms with Crippen molar-refractivity contribution in [2.24, 2.45) is 0 Å². The first kappa shape index (κ1) is 23.0. The molecule has 0 saturated heterocycles. The molecule has 0 saturated carbocycles. The van der Waals surface area contributed by atoms with E-state index < -0.39 is 0 Å². The highest BCUT2D eigenvalue weighted by Crippen LogP contribution is 2.23. The van der Waals surface area contributed by atoms with E-state index in [2.05, 4.69) is 10.5 Å². The number of carbonyl (C=O) groups is 2. The number of hydrogen-bond donors (Lipinski definition) is 1. The second kappa shape index (κ2) is 10.6. The van der Waals surface area contributed by atoms with Crippen LogP contribution in [-0.4, -0.2) is 35.0 Å². The molecular weight excluding hydrogens is 413 g/mol. The number of halogens is 1. The van der Waals surface area contributed by atoms with Crippen LogP contribution >= 0.6 is 0 Å². The number of carbonyl (C=O) groups excluding carboxylic acids is 2. The minimum atomic E-state index is -0.335. The molecule has 0 aliphatic carbocycles. The molecule has 2 amide bonds. The summed E-state index contributed by atoms with van der Waals surface area (Å²) in [5.41, 5.74) is 2.71. The molecule has 32 heavy (non-hydrogen) atoms. The number of benzene rings is 2. The van der Waals surface area contributed by atoms with Gasteiger partial charge in [0.05, 0.1) is 23.4 Å². The Morgan fingerprint density at radius 2 is 1.84 bits per heavy atom. The van der Waals surface area contributed by atoms with Crippen molar-refractivity contribution < 1.29 is 23.2 Å². The maximum absolute atomic E-state index is 13.1. The molecule has 0 aliphatic rings. The van der Waals surface area contributed by atoms with Crippen LogP contribution in [0.15, 0.2) is 53.1 Å². The van der Waals surface area contributed by atoms with Crippen molar-refractivity contribution in [2.75, 3.05) is 13.1 Å². The Kier molecular flexibility index (Phi) is 7.59. The number of nitrogens with one attached hydrogen (secondary N) is 1. The van der Waals surface area contributed by atoms with E-state index in [4.69, 9.17) is 9.26 Å². The van der Waals surface area contributed by atoms with Crippen molar-refractivity contribution in [3.63, 3.8) is 0 Å². The number of nitrogens with zero attached hydrogens (tertiary/aromatic N) is 2. The average Bonchev–Trinajstić information content (AvgIpc) is 3.12. The molecule has 8 heteroatoms. The highest BCUT2D eigenvalue weighted by molar-refractivity contribution is 5.98. The Hall–Kier alpha value is -3.68. The number of aromatic nitrogens is 1. The first-order valence-electron chi connectivity index (χ1n) is 10.3. The zero-order chi connectivity index (χ0) is 23.1. The van der Waals surface area contributed by atoms with Crippen LogP contribution in [0.4, 0.5) is 4.39 Å². The maximum atomic E-state index is 13.1. The normalized spacial score (nSPS) is 10.6. The van der Waals surface area contributed by atoms with Crippen LogP contribution in [0, 0.1) is 19.7 Å². The van der Waals surface area contributed by atoms with Gasteiger partial charge < -0.3 is 19.5 Å². The van der Waals surface area contributed by atoms with Crippen LogP contribution in [0.3, 0.4) is 0 Å². The number of amides is 2. The van der Waals surface area contributed by atoms with Crippen LogP contribution < -0.4 is 10.1 Å². The Bertz CT molecular complexity index is 1060. The lowest BCUT2D eigenvalue weighted by Crippen LogP contribution is -2.40. The van der Waals surface area contributed by atoms with Gasteiger partial charge in [0, 0.05) is 13.1 Å². The SMILES string of the molecule is CCN(CC(=O)NCc1ccc(F)cc1)C(=O)c1ccccc1OCc1c(C)noc1C. The number of hydrogen-bond acceptors (Lipinski definition) is 5. The number of para-hydroxylation sites is 1. The average molecular weight is 439 g/mol. The maximum Gasteiger partial charge on any atom is 0.258 e. The topological polar surface area (TPSA) is 84.7 Å². The van der Waals surface area contributed by atoms with Crippen molar-refractivity contribution in [2.45, 2.75) is 33.9 Å². The summed E-state index contributed by atoms with van der Waals surface area (Å²) in [6, 6.07) is 12.8. The highest BCUT2D eigenvalue weighted by atomic mass is 19.1. The zero-order valence-electron chi connectivity index (χ0n) is 18.4. The van der Waals surface area contributed by atoms with Gasteiger partial charge in [-0.05, 0) is 50.6 Å². The predicted molar refractivity (Wildman–Crippen MR) is 117 cm³/mol. The summed E-state index contributed by atoms with van der Waals surface area (Å²) in [4.78, 5) is 27.0. The van der Waals surface area contributed by atoms with Gasteiger partial charge in [0.2, 0.25) is 5.91 Å². The van der Waals surface area contributed by atoms with Crippen molar-refractivity contribution in [1.29, 1.82) is 0 Å². The summed E-state index contributed by atoms with van der Waals surface area (Å²) in [7, 11) is 0. The molecule has 0 aliphatic heterocycles. The lowest BCUT2D eigenvalue weighted by molar-refractivity contribution is -0.121. The van der Waals surface area contributed by atoms with Crippen LogP contribution in [0.2, 0.25) is 0 Å². The summed E-state index contributed by atoms with van der Waals surface area (Å²) in [6.07, 6.45) is 0. The number of aryl methyl sites for hydroxylation is 2. The molecule has 0 atom stereocenters. The number of likely N-dealkylation sites (N-methyl/N-ethyl adjacent to an activating group) is 1. The second-order valence-electron chi connectivity index (χ2n) is 7.31. The van der Waals surface area contributed by atoms with Gasteiger partial charge in [-0.2, -0.15) is 0 Å². The minimum absolute atomic E-state index is 0.102. The third kappa shape index (κ3) is 5.72. The fourth-order valence-corrected chi connectivity index (χ4v) is 3.16. The van der Waals surface area contributed by atoms with Gasteiger partial charge in [0.15, 0.2) is 0 Å². The summed E-state index contributed by atoms with van der Waals surface area (Å²) < 4.78 is 24.1. The molecule has 0 unspecified atom stereocenters. The van der Waals surface area contributed by atoms with Gasteiger partial charge in [-0.1, -0.05) is 29.4 Å². The Morgan fingerprint density at radius 3 is 2.50 bits per heavy atom. The van der Waals surface area contributed by atoms with E-state index in [1.165, 1.54) is 17.0 Å². The Morgan fingerprint density at radius 1 is 1.12 bits per heavy atom. The number of ether oxygens (including phenoxy) is 1. The summed E-state index contributed by atoms with van der Waals surface area (Å²) >= 11 is 0. The van der Waals surface area contributed by atoms with Crippen LogP contribution in [0.1, 0.15) is 39.9 Å². The summed E-state index contributed by atoms with van der Waals surface area (Å²) in [6.45, 7) is 6.15. The Balaban J connectivity index is 1.64. The highest BCUT2D eigenvalue weighted by Gasteiger charge is 2.21. The molecule has 1 heterocycles. The quantitative estimate of drug-likeness (QED) is 0.548. The van der Waals surface area contributed by atoms with E-state index in [1.807, 2.05) is 6.92 Å². The van der Waals surface area contributed by atoms with Crippen molar-refractivity contribution in [1.82, 2.24) is 15.4 Å². The van der Waals surface area contributed by atoms with E-state index in [-0.39, 0.29) is 37.3 Å². The lowest BCUT2D eigenvalue weighted by Gasteiger charge is -2.22. The second-order valence-corrected chi connectivity index (χ2v) is 7.31. The molecule has 1 aromatic heterocycles. The number of rotatable bonds is 9. The molecule has 168 valence electrons. The summed E-state index contributed by atoms with van der Waals surface area (Å²) in [5.74, 6) is 0.137. The molecule has 0 bridgehead atoms. The molecule has 3 rings (SSSR count). The van der Waals surface area contributed by atoms with E-state index >= 15 is 0 Å². The molecule has 1 N–H and O–H groups in total. The van der Waals surface area contributed by atoms with Gasteiger partial charge in [-0.15, -0.1) is 0 Å². The van der Waals surface area contributed by atoms with Crippen LogP contribution in [0.5, 0.6) is 5.75 Å². The van der Waals surface area contributed by atoms with Crippen molar-refractivity contribution in [3.8, 4) is 5.75 Å². The van der Waals surface area contributed by atoms with Gasteiger partial charge in [-0.3, -0.25) is 9.59 Å². The first-order valence-corrected chi connectivity index (χ1v) is 10.3. The summed E-state index contributed by atoms with van der Waals surface area (Å²) in [5, 5.41) is 6.67. The van der Waals surface area contributed by atoms with E-state index in [9.17, 15) is 14.0 Å². The third-order valence-corrected chi connectivity index (χ3v) is 5.08. The molecule has 0 fully saturated rings. The molecule has 0 spiro atoms. The van der Waals surface area contributed by atoms with E-state index in [0.717, 1.165) is 16.8 Å². The standard InChI is InChI=1S/C24H26FN3O4/c1-4-28(14-23(29)26-13-18-9-11-19(25)12-10-18)24(30)20-7-5-6-8-22(20)31-15-21-16(2)27-32-17(21)3/h5-12H,4,13-15H2,1-3H3,(H,26,29). The van der Waals surface area contributed by atoms with Crippen LogP contribution in [0.25, 0.3) is 0 Å². The molecule has 7 nitrogen and oxygen atoms in total. The van der Waals surface area contributed by atoms with Crippen molar-refractivity contribution >= 4 is 11.8 Å². The predicted octanol–water partition coefficient (Wildman–Crippen LogP) is 3.79. The lowest BCUT2D eigenvalue weighted by atomic mass is 10.1. The largest absolute Gasteiger partial charge is 0.488 e. The fraction of sp³-hybridized carbons (Fsp3) is 0.292. The fourth-order valence-electron chi connectivity index (χ4n) is 3.16. The van der Waals surface area contributed by atoms with Crippen molar-refractivity contribution in [3.05, 3.63) is 82.5 Å². The smallest absolute Gasteiger partial charge is 0.258 e. The minimum Gasteiger partial charge on any atom is -0.488 e. The van der Waals surface area contributed by atoms with Gasteiger partial charge in [0.25, 0.3) is 5.91 Å². The molecule has 0 radical (unpaired) electrons.